The van der Waals surface area contributed by atoms with Gasteiger partial charge in [0.25, 0.3) is 0 Å². The van der Waals surface area contributed by atoms with Crippen LogP contribution in [0.2, 0.25) is 0 Å². The van der Waals surface area contributed by atoms with Crippen LogP contribution in [0.4, 0.5) is 0 Å². The van der Waals surface area contributed by atoms with E-state index in [0.717, 1.165) is 57.7 Å². The van der Waals surface area contributed by atoms with Crippen LogP contribution in [0.25, 0.3) is 0 Å². The molecule has 2 aliphatic rings. The van der Waals surface area contributed by atoms with Crippen LogP contribution >= 0.6 is 0 Å². The van der Waals surface area contributed by atoms with Crippen molar-refractivity contribution in [3.05, 3.63) is 18.2 Å². The lowest BCUT2D eigenvalue weighted by molar-refractivity contribution is 0.0364. The molecule has 2 fully saturated rings. The standard InChI is InChI=1S/C13H22N4O/c1-2-12(1)14-9-13-10-17(11-15-13)4-3-16-5-7-18-8-6-16/h10-12,14H,1-9H2. The molecule has 5 heteroatoms. The molecule has 3 rings (SSSR count). The van der Waals surface area contributed by atoms with Crippen molar-refractivity contribution in [3.63, 3.8) is 0 Å². The molecule has 0 atom stereocenters. The molecule has 1 aromatic heterocycles. The van der Waals surface area contributed by atoms with E-state index in [1.54, 1.807) is 0 Å². The van der Waals surface area contributed by atoms with E-state index in [4.69, 9.17) is 4.74 Å². The van der Waals surface area contributed by atoms with Crippen LogP contribution in [-0.2, 0) is 17.8 Å². The lowest BCUT2D eigenvalue weighted by Gasteiger charge is -2.26. The van der Waals surface area contributed by atoms with Gasteiger partial charge >= 0.3 is 0 Å². The first-order valence-corrected chi connectivity index (χ1v) is 6.94. The number of ether oxygens (including phenoxy) is 1. The molecule has 2 heterocycles. The van der Waals surface area contributed by atoms with Crippen LogP contribution in [-0.4, -0.2) is 53.3 Å². The van der Waals surface area contributed by atoms with Crippen molar-refractivity contribution in [1.29, 1.82) is 0 Å². The smallest absolute Gasteiger partial charge is 0.0950 e. The molecule has 0 aromatic carbocycles. The molecule has 100 valence electrons. The molecule has 18 heavy (non-hydrogen) atoms. The van der Waals surface area contributed by atoms with E-state index in [-0.39, 0.29) is 0 Å². The SMILES string of the molecule is c1nc(CNC2CC2)cn1CCN1CCOCC1. The maximum Gasteiger partial charge on any atom is 0.0950 e. The van der Waals surface area contributed by atoms with Crippen molar-refractivity contribution >= 4 is 0 Å². The monoisotopic (exact) mass is 250 g/mol. The van der Waals surface area contributed by atoms with Gasteiger partial charge < -0.3 is 14.6 Å². The Hall–Kier alpha value is -0.910. The molecule has 0 amide bonds. The van der Waals surface area contributed by atoms with Gasteiger partial charge in [0.15, 0.2) is 0 Å². The Labute approximate surface area is 108 Å². The summed E-state index contributed by atoms with van der Waals surface area (Å²) < 4.78 is 7.54. The number of rotatable bonds is 6. The fourth-order valence-electron chi connectivity index (χ4n) is 2.24. The fourth-order valence-corrected chi connectivity index (χ4v) is 2.24. The number of aromatic nitrogens is 2. The molecule has 5 nitrogen and oxygen atoms in total. The molecule has 0 bridgehead atoms. The second kappa shape index (κ2) is 5.82. The summed E-state index contributed by atoms with van der Waals surface area (Å²) in [5.74, 6) is 0. The third-order valence-corrected chi connectivity index (χ3v) is 3.61. The largest absolute Gasteiger partial charge is 0.379 e. The van der Waals surface area contributed by atoms with E-state index in [1.165, 1.54) is 12.8 Å². The molecule has 1 aliphatic carbocycles. The maximum absolute atomic E-state index is 5.35. The highest BCUT2D eigenvalue weighted by Gasteiger charge is 2.20. The van der Waals surface area contributed by atoms with E-state index < -0.39 is 0 Å². The van der Waals surface area contributed by atoms with Gasteiger partial charge in [0, 0.05) is 45.0 Å². The zero-order valence-corrected chi connectivity index (χ0v) is 10.8. The number of nitrogens with one attached hydrogen (secondary N) is 1. The van der Waals surface area contributed by atoms with Gasteiger partial charge in [-0.1, -0.05) is 0 Å². The predicted molar refractivity (Wildman–Crippen MR) is 69.3 cm³/mol. The number of imidazole rings is 1. The van der Waals surface area contributed by atoms with Crippen molar-refractivity contribution in [3.8, 4) is 0 Å². The van der Waals surface area contributed by atoms with Crippen LogP contribution in [0.3, 0.4) is 0 Å². The van der Waals surface area contributed by atoms with Gasteiger partial charge in [0.05, 0.1) is 25.2 Å². The normalized spacial score (nSPS) is 21.3. The van der Waals surface area contributed by atoms with Gasteiger partial charge in [-0.2, -0.15) is 0 Å². The average Bonchev–Trinajstić information content (AvgIpc) is 3.14. The quantitative estimate of drug-likeness (QED) is 0.797. The zero-order valence-electron chi connectivity index (χ0n) is 10.8. The second-order valence-electron chi connectivity index (χ2n) is 5.21. The van der Waals surface area contributed by atoms with Gasteiger partial charge in [0.1, 0.15) is 0 Å². The third kappa shape index (κ3) is 3.54. The van der Waals surface area contributed by atoms with Gasteiger partial charge in [-0.15, -0.1) is 0 Å². The number of hydrogen-bond donors (Lipinski definition) is 1. The van der Waals surface area contributed by atoms with Crippen LogP contribution in [0.1, 0.15) is 18.5 Å². The van der Waals surface area contributed by atoms with Gasteiger partial charge in [-0.3, -0.25) is 4.90 Å². The van der Waals surface area contributed by atoms with E-state index in [9.17, 15) is 0 Å². The Morgan fingerprint density at radius 2 is 2.11 bits per heavy atom. The minimum absolute atomic E-state index is 0.753. The summed E-state index contributed by atoms with van der Waals surface area (Å²) in [6, 6.07) is 0.753. The minimum atomic E-state index is 0.753. The highest BCUT2D eigenvalue weighted by atomic mass is 16.5. The topological polar surface area (TPSA) is 42.3 Å². The molecule has 1 aromatic rings. The fraction of sp³-hybridized carbons (Fsp3) is 0.769. The first-order chi connectivity index (χ1) is 8.90. The summed E-state index contributed by atoms with van der Waals surface area (Å²) in [6.45, 7) is 6.90. The summed E-state index contributed by atoms with van der Waals surface area (Å²) >= 11 is 0. The third-order valence-electron chi connectivity index (χ3n) is 3.61. The summed E-state index contributed by atoms with van der Waals surface area (Å²) in [7, 11) is 0. The highest BCUT2D eigenvalue weighted by Crippen LogP contribution is 2.18. The number of nitrogens with zero attached hydrogens (tertiary/aromatic N) is 3. The molecule has 0 unspecified atom stereocenters. The Balaban J connectivity index is 1.41. The first-order valence-electron chi connectivity index (χ1n) is 6.94. The molecule has 1 N–H and O–H groups in total. The van der Waals surface area contributed by atoms with Gasteiger partial charge in [-0.25, -0.2) is 4.98 Å². The van der Waals surface area contributed by atoms with Crippen LogP contribution < -0.4 is 5.32 Å². The highest BCUT2D eigenvalue weighted by molar-refractivity contribution is 4.98. The van der Waals surface area contributed by atoms with Gasteiger partial charge in [-0.05, 0) is 12.8 Å². The van der Waals surface area contributed by atoms with Crippen LogP contribution in [0, 0.1) is 0 Å². The molecule has 0 radical (unpaired) electrons. The lowest BCUT2D eigenvalue weighted by atomic mass is 10.4. The molecular weight excluding hydrogens is 228 g/mol. The number of hydrogen-bond acceptors (Lipinski definition) is 4. The van der Waals surface area contributed by atoms with Crippen molar-refractivity contribution in [2.45, 2.75) is 32.0 Å². The van der Waals surface area contributed by atoms with Crippen molar-refractivity contribution in [1.82, 2.24) is 19.8 Å². The Bertz CT molecular complexity index is 369. The summed E-state index contributed by atoms with van der Waals surface area (Å²) in [5, 5.41) is 3.49. The van der Waals surface area contributed by atoms with Crippen molar-refractivity contribution < 1.29 is 4.74 Å². The van der Waals surface area contributed by atoms with E-state index in [1.807, 2.05) is 6.33 Å². The Morgan fingerprint density at radius 1 is 1.28 bits per heavy atom. The molecular formula is C13H22N4O. The molecule has 0 spiro atoms. The Morgan fingerprint density at radius 3 is 2.89 bits per heavy atom. The number of morpholine rings is 1. The zero-order chi connectivity index (χ0) is 12.2. The maximum atomic E-state index is 5.35. The van der Waals surface area contributed by atoms with E-state index in [0.29, 0.717) is 0 Å². The van der Waals surface area contributed by atoms with Gasteiger partial charge in [0.2, 0.25) is 0 Å². The first kappa shape index (κ1) is 12.1. The van der Waals surface area contributed by atoms with Crippen molar-refractivity contribution in [2.24, 2.45) is 0 Å². The molecule has 1 saturated heterocycles. The van der Waals surface area contributed by atoms with E-state index >= 15 is 0 Å². The van der Waals surface area contributed by atoms with Crippen LogP contribution in [0.15, 0.2) is 12.5 Å². The average molecular weight is 250 g/mol. The molecule has 1 aliphatic heterocycles. The summed E-state index contributed by atoms with van der Waals surface area (Å²) in [5.41, 5.74) is 1.16. The minimum Gasteiger partial charge on any atom is -0.379 e. The van der Waals surface area contributed by atoms with E-state index in [2.05, 4.69) is 26.0 Å². The summed E-state index contributed by atoms with van der Waals surface area (Å²) in [4.78, 5) is 6.89. The van der Waals surface area contributed by atoms with Crippen molar-refractivity contribution in [2.75, 3.05) is 32.8 Å². The predicted octanol–water partition coefficient (Wildman–Crippen LogP) is 0.467. The summed E-state index contributed by atoms with van der Waals surface area (Å²) in [6.07, 6.45) is 6.77. The van der Waals surface area contributed by atoms with Crippen LogP contribution in [0.5, 0.6) is 0 Å². The molecule has 1 saturated carbocycles. The lowest BCUT2D eigenvalue weighted by Crippen LogP contribution is -2.38. The second-order valence-corrected chi connectivity index (χ2v) is 5.21. The Kier molecular flexibility index (Phi) is 3.93.